The summed E-state index contributed by atoms with van der Waals surface area (Å²) in [5, 5.41) is 0.245. The van der Waals surface area contributed by atoms with Crippen molar-refractivity contribution >= 4 is 44.1 Å². The number of carbonyl (C=O) groups is 1. The second kappa shape index (κ2) is 7.56. The van der Waals surface area contributed by atoms with E-state index in [-0.39, 0.29) is 28.4 Å². The normalized spacial score (nSPS) is 12.2. The van der Waals surface area contributed by atoms with Crippen LogP contribution in [0.15, 0.2) is 51.1 Å². The highest BCUT2D eigenvalue weighted by atomic mass is 79.9. The Hall–Kier alpha value is -2.23. The molecule has 0 radical (unpaired) electrons. The number of benzene rings is 1. The van der Waals surface area contributed by atoms with E-state index < -0.39 is 22.6 Å². The summed E-state index contributed by atoms with van der Waals surface area (Å²) >= 11 is 1.98. The lowest BCUT2D eigenvalue weighted by Crippen LogP contribution is -2.22. The van der Waals surface area contributed by atoms with E-state index >= 15 is 0 Å². The van der Waals surface area contributed by atoms with Gasteiger partial charge in [-0.2, -0.15) is 9.97 Å². The third-order valence-electron chi connectivity index (χ3n) is 3.56. The van der Waals surface area contributed by atoms with E-state index in [4.69, 9.17) is 4.74 Å². The number of rotatable bonds is 4. The summed E-state index contributed by atoms with van der Waals surface area (Å²) in [7, 11) is 0. The van der Waals surface area contributed by atoms with Gasteiger partial charge in [-0.05, 0) is 25.1 Å². The molecule has 0 saturated carbocycles. The highest BCUT2D eigenvalue weighted by Crippen LogP contribution is 2.20. The van der Waals surface area contributed by atoms with E-state index in [0.717, 1.165) is 4.47 Å². The van der Waals surface area contributed by atoms with Gasteiger partial charge in [-0.3, -0.25) is 9.36 Å². The molecule has 0 spiro atoms. The number of pyridine rings is 1. The smallest absolute Gasteiger partial charge is 0.344 e. The molecular formula is C17H14BrN3O4S. The van der Waals surface area contributed by atoms with Gasteiger partial charge in [0.2, 0.25) is 5.43 Å². The molecule has 0 amide bonds. The molecule has 0 aliphatic carbocycles. The molecule has 1 aromatic carbocycles. The predicted octanol–water partition coefficient (Wildman–Crippen LogP) is 2.46. The van der Waals surface area contributed by atoms with Gasteiger partial charge in [0.15, 0.2) is 5.65 Å². The van der Waals surface area contributed by atoms with Crippen LogP contribution in [0.3, 0.4) is 0 Å². The van der Waals surface area contributed by atoms with Crippen molar-refractivity contribution in [3.63, 3.8) is 0 Å². The van der Waals surface area contributed by atoms with Crippen molar-refractivity contribution in [2.24, 2.45) is 0 Å². The molecule has 3 rings (SSSR count). The van der Waals surface area contributed by atoms with E-state index in [0.29, 0.717) is 5.69 Å². The van der Waals surface area contributed by atoms with Crippen molar-refractivity contribution in [1.82, 2.24) is 14.5 Å². The van der Waals surface area contributed by atoms with Crippen LogP contribution < -0.4 is 5.43 Å². The lowest BCUT2D eigenvalue weighted by molar-refractivity contribution is 0.0524. The fourth-order valence-electron chi connectivity index (χ4n) is 2.41. The van der Waals surface area contributed by atoms with Crippen molar-refractivity contribution in [2.75, 3.05) is 12.9 Å². The number of ether oxygens (including phenoxy) is 1. The maximum Gasteiger partial charge on any atom is 0.344 e. The molecule has 0 aliphatic rings. The summed E-state index contributed by atoms with van der Waals surface area (Å²) in [5.74, 6) is -0.716. The summed E-state index contributed by atoms with van der Waals surface area (Å²) in [6.45, 7) is 1.81. The van der Waals surface area contributed by atoms with Crippen LogP contribution in [0.25, 0.3) is 16.7 Å². The second-order valence-corrected chi connectivity index (χ2v) is 7.48. The Morgan fingerprint density at radius 3 is 2.85 bits per heavy atom. The highest BCUT2D eigenvalue weighted by Gasteiger charge is 2.20. The molecule has 0 N–H and O–H groups in total. The number of aromatic nitrogens is 3. The van der Waals surface area contributed by atoms with Gasteiger partial charge in [0.05, 0.1) is 12.0 Å². The zero-order chi connectivity index (χ0) is 18.8. The van der Waals surface area contributed by atoms with Gasteiger partial charge < -0.3 is 9.29 Å². The van der Waals surface area contributed by atoms with Gasteiger partial charge in [0, 0.05) is 33.7 Å². The van der Waals surface area contributed by atoms with Gasteiger partial charge in [0.1, 0.15) is 11.8 Å². The van der Waals surface area contributed by atoms with Crippen LogP contribution in [0.4, 0.5) is 0 Å². The minimum absolute atomic E-state index is 0.101. The predicted molar refractivity (Wildman–Crippen MR) is 101 cm³/mol. The lowest BCUT2D eigenvalue weighted by Gasteiger charge is -2.13. The standard InChI is InChI=1S/C17H14BrN3O4S/c1-3-25-16(23)13-9-21(11-6-4-5-10(18)7-11)15-12(14(13)22)8-19-17(20-15)26(2)24/h4-9H,3H2,1-2H3. The lowest BCUT2D eigenvalue weighted by atomic mass is 10.2. The fraction of sp³-hybridized carbons (Fsp3) is 0.176. The van der Waals surface area contributed by atoms with Crippen LogP contribution >= 0.6 is 15.9 Å². The van der Waals surface area contributed by atoms with Crippen LogP contribution in [-0.2, 0) is 15.9 Å². The SMILES string of the molecule is CCOC(=O)c1cn(-c2cccc(Br)c2)c2nc([S+](C)[O-])ncc2c1=O. The minimum Gasteiger partial charge on any atom is -0.609 e. The van der Waals surface area contributed by atoms with Crippen LogP contribution in [0.2, 0.25) is 0 Å². The Labute approximate surface area is 160 Å². The summed E-state index contributed by atoms with van der Waals surface area (Å²) in [6, 6.07) is 7.27. The number of hydrogen-bond acceptors (Lipinski definition) is 6. The van der Waals surface area contributed by atoms with E-state index in [1.807, 2.05) is 18.2 Å². The molecule has 2 aromatic heterocycles. The molecule has 1 unspecified atom stereocenters. The topological polar surface area (TPSA) is 97.1 Å². The average Bonchev–Trinajstić information content (AvgIpc) is 2.61. The Balaban J connectivity index is 2.38. The van der Waals surface area contributed by atoms with Crippen molar-refractivity contribution in [3.05, 3.63) is 56.9 Å². The summed E-state index contributed by atoms with van der Waals surface area (Å²) in [6.07, 6.45) is 4.13. The quantitative estimate of drug-likeness (QED) is 0.354. The molecule has 0 bridgehead atoms. The molecule has 7 nitrogen and oxygen atoms in total. The monoisotopic (exact) mass is 435 g/mol. The third-order valence-corrected chi connectivity index (χ3v) is 4.77. The number of carbonyl (C=O) groups excluding carboxylic acids is 1. The van der Waals surface area contributed by atoms with E-state index in [9.17, 15) is 14.1 Å². The van der Waals surface area contributed by atoms with Gasteiger partial charge in [-0.25, -0.2) is 4.79 Å². The Bertz CT molecular complexity index is 1050. The number of hydrogen-bond donors (Lipinski definition) is 0. The van der Waals surface area contributed by atoms with Gasteiger partial charge in [-0.15, -0.1) is 0 Å². The second-order valence-electron chi connectivity index (χ2n) is 5.29. The average molecular weight is 436 g/mol. The fourth-order valence-corrected chi connectivity index (χ4v) is 3.21. The van der Waals surface area contributed by atoms with Crippen LogP contribution in [0.5, 0.6) is 0 Å². The van der Waals surface area contributed by atoms with Crippen LogP contribution in [-0.4, -0.2) is 37.9 Å². The van der Waals surface area contributed by atoms with E-state index in [1.165, 1.54) is 18.6 Å². The van der Waals surface area contributed by atoms with Crippen molar-refractivity contribution in [1.29, 1.82) is 0 Å². The third kappa shape index (κ3) is 3.50. The van der Waals surface area contributed by atoms with E-state index in [1.54, 1.807) is 17.6 Å². The maximum atomic E-state index is 12.7. The summed E-state index contributed by atoms with van der Waals surface area (Å²) in [4.78, 5) is 33.1. The van der Waals surface area contributed by atoms with Gasteiger partial charge in [0.25, 0.3) is 0 Å². The molecule has 26 heavy (non-hydrogen) atoms. The largest absolute Gasteiger partial charge is 0.609 e. The molecule has 9 heteroatoms. The Morgan fingerprint density at radius 1 is 1.42 bits per heavy atom. The number of halogens is 1. The maximum absolute atomic E-state index is 12.7. The molecule has 0 saturated heterocycles. The Kier molecular flexibility index (Phi) is 5.40. The molecule has 1 atom stereocenters. The van der Waals surface area contributed by atoms with Gasteiger partial charge >= 0.3 is 11.1 Å². The zero-order valence-corrected chi connectivity index (χ0v) is 16.3. The summed E-state index contributed by atoms with van der Waals surface area (Å²) in [5.41, 5.74) is 0.286. The zero-order valence-electron chi connectivity index (χ0n) is 13.9. The Morgan fingerprint density at radius 2 is 2.19 bits per heavy atom. The summed E-state index contributed by atoms with van der Waals surface area (Å²) < 4.78 is 19.1. The molecular weight excluding hydrogens is 422 g/mol. The number of nitrogens with zero attached hydrogens (tertiary/aromatic N) is 3. The molecule has 0 aliphatic heterocycles. The highest BCUT2D eigenvalue weighted by molar-refractivity contribution is 9.10. The van der Waals surface area contributed by atoms with Crippen molar-refractivity contribution in [2.45, 2.75) is 12.1 Å². The van der Waals surface area contributed by atoms with E-state index in [2.05, 4.69) is 25.9 Å². The van der Waals surface area contributed by atoms with Crippen LogP contribution in [0.1, 0.15) is 17.3 Å². The van der Waals surface area contributed by atoms with Gasteiger partial charge in [-0.1, -0.05) is 22.0 Å². The minimum atomic E-state index is -1.42. The number of esters is 1. The molecule has 0 fully saturated rings. The molecule has 2 heterocycles. The first-order valence-electron chi connectivity index (χ1n) is 7.61. The first kappa shape index (κ1) is 18.6. The van der Waals surface area contributed by atoms with Crippen molar-refractivity contribution in [3.8, 4) is 5.69 Å². The molecule has 3 aromatic rings. The van der Waals surface area contributed by atoms with Crippen molar-refractivity contribution < 1.29 is 14.1 Å². The number of fused-ring (bicyclic) bond motifs is 1. The molecule has 134 valence electrons. The van der Waals surface area contributed by atoms with Crippen LogP contribution in [0, 0.1) is 0 Å². The first-order valence-corrected chi connectivity index (χ1v) is 9.96. The first-order chi connectivity index (χ1) is 12.4.